The molecule has 3 aromatic rings. The third-order valence-corrected chi connectivity index (χ3v) is 4.68. The summed E-state index contributed by atoms with van der Waals surface area (Å²) < 4.78 is 5.97. The van der Waals surface area contributed by atoms with Gasteiger partial charge in [0.15, 0.2) is 0 Å². The van der Waals surface area contributed by atoms with E-state index in [0.717, 1.165) is 18.1 Å². The van der Waals surface area contributed by atoms with Gasteiger partial charge >= 0.3 is 0 Å². The van der Waals surface area contributed by atoms with Gasteiger partial charge in [0.2, 0.25) is 0 Å². The average Bonchev–Trinajstić information content (AvgIpc) is 3.02. The van der Waals surface area contributed by atoms with Gasteiger partial charge in [-0.3, -0.25) is 0 Å². The predicted octanol–water partition coefficient (Wildman–Crippen LogP) is 6.12. The fraction of sp³-hybridized carbons (Fsp3) is 0.364. The number of aromatic nitrogens is 1. The van der Waals surface area contributed by atoms with E-state index >= 15 is 0 Å². The molecule has 0 amide bonds. The number of nitrogens with one attached hydrogen (secondary N) is 1. The van der Waals surface area contributed by atoms with Gasteiger partial charge in [-0.2, -0.15) is 0 Å². The largest absolute Gasteiger partial charge is 0.489 e. The van der Waals surface area contributed by atoms with E-state index in [-0.39, 0.29) is 0 Å². The normalized spacial score (nSPS) is 12.4. The molecular formula is C22H27NO. The second-order valence-electron chi connectivity index (χ2n) is 6.73. The second kappa shape index (κ2) is 8.05. The molecule has 0 saturated heterocycles. The lowest BCUT2D eigenvalue weighted by Gasteiger charge is -2.09. The van der Waals surface area contributed by atoms with E-state index in [0.29, 0.717) is 6.61 Å². The average molecular weight is 321 g/mol. The lowest BCUT2D eigenvalue weighted by atomic mass is 9.97. The fourth-order valence-corrected chi connectivity index (χ4v) is 3.23. The van der Waals surface area contributed by atoms with E-state index in [9.17, 15) is 0 Å². The van der Waals surface area contributed by atoms with Crippen molar-refractivity contribution >= 4 is 10.9 Å². The lowest BCUT2D eigenvalue weighted by molar-refractivity contribution is 0.306. The summed E-state index contributed by atoms with van der Waals surface area (Å²) in [5.41, 5.74) is 3.79. The van der Waals surface area contributed by atoms with E-state index in [4.69, 9.17) is 4.74 Å². The van der Waals surface area contributed by atoms with Crippen LogP contribution in [0.4, 0.5) is 0 Å². The number of fused-ring (bicyclic) bond motifs is 1. The molecule has 0 aliphatic rings. The minimum absolute atomic E-state index is 0.611. The van der Waals surface area contributed by atoms with E-state index in [1.807, 2.05) is 24.3 Å². The van der Waals surface area contributed by atoms with E-state index in [1.54, 1.807) is 0 Å². The quantitative estimate of drug-likeness (QED) is 0.531. The highest BCUT2D eigenvalue weighted by molar-refractivity contribution is 5.84. The molecule has 3 rings (SSSR count). The summed E-state index contributed by atoms with van der Waals surface area (Å²) in [6, 6.07) is 16.6. The van der Waals surface area contributed by atoms with Crippen LogP contribution in [0, 0.1) is 5.92 Å². The summed E-state index contributed by atoms with van der Waals surface area (Å²) in [5.74, 6) is 1.73. The van der Waals surface area contributed by atoms with Crippen molar-refractivity contribution in [3.63, 3.8) is 0 Å². The summed E-state index contributed by atoms with van der Waals surface area (Å²) in [6.45, 7) is 5.23. The Morgan fingerprint density at radius 2 is 1.88 bits per heavy atom. The first-order chi connectivity index (χ1) is 11.8. The number of aryl methyl sites for hydroxylation is 1. The van der Waals surface area contributed by atoms with Gasteiger partial charge in [-0.1, -0.05) is 57.0 Å². The molecule has 0 aliphatic carbocycles. The first kappa shape index (κ1) is 16.6. The maximum Gasteiger partial charge on any atom is 0.120 e. The van der Waals surface area contributed by atoms with E-state index < -0.39 is 0 Å². The number of H-pyrrole nitrogens is 1. The molecule has 1 N–H and O–H groups in total. The standard InChI is InChI=1S/C22H27NO/c1-3-7-17(2)10-11-19-15-23-22-13-12-20(14-21(19)22)24-16-18-8-5-4-6-9-18/h4-6,8-9,12-15,17,23H,3,7,10-11,16H2,1-2H3. The Hall–Kier alpha value is -2.22. The molecule has 126 valence electrons. The first-order valence-corrected chi connectivity index (χ1v) is 9.03. The topological polar surface area (TPSA) is 25.0 Å². The van der Waals surface area contributed by atoms with Gasteiger partial charge in [-0.05, 0) is 48.1 Å². The van der Waals surface area contributed by atoms with Gasteiger partial charge < -0.3 is 9.72 Å². The number of aromatic amines is 1. The monoisotopic (exact) mass is 321 g/mol. The van der Waals surface area contributed by atoms with Gasteiger partial charge in [0.1, 0.15) is 12.4 Å². The van der Waals surface area contributed by atoms with Crippen LogP contribution in [0.15, 0.2) is 54.7 Å². The van der Waals surface area contributed by atoms with Crippen molar-refractivity contribution < 1.29 is 4.74 Å². The summed E-state index contributed by atoms with van der Waals surface area (Å²) in [5, 5.41) is 1.30. The molecule has 0 radical (unpaired) electrons. The molecule has 0 fully saturated rings. The van der Waals surface area contributed by atoms with Crippen molar-refractivity contribution in [1.29, 1.82) is 0 Å². The zero-order valence-corrected chi connectivity index (χ0v) is 14.7. The van der Waals surface area contributed by atoms with Crippen molar-refractivity contribution in [2.75, 3.05) is 0 Å². The number of hydrogen-bond acceptors (Lipinski definition) is 1. The Kier molecular flexibility index (Phi) is 5.58. The van der Waals surface area contributed by atoms with Crippen molar-refractivity contribution in [2.45, 2.75) is 46.1 Å². The molecule has 2 nitrogen and oxygen atoms in total. The maximum atomic E-state index is 5.97. The summed E-state index contributed by atoms with van der Waals surface area (Å²) in [4.78, 5) is 3.39. The summed E-state index contributed by atoms with van der Waals surface area (Å²) in [6.07, 6.45) is 7.11. The number of ether oxygens (including phenoxy) is 1. The molecule has 0 spiro atoms. The van der Waals surface area contributed by atoms with Crippen LogP contribution in [0.2, 0.25) is 0 Å². The van der Waals surface area contributed by atoms with Crippen LogP contribution in [0.25, 0.3) is 10.9 Å². The highest BCUT2D eigenvalue weighted by Crippen LogP contribution is 2.26. The Labute approximate surface area is 144 Å². The minimum Gasteiger partial charge on any atom is -0.489 e. The molecule has 2 aromatic carbocycles. The Bertz CT molecular complexity index is 760. The van der Waals surface area contributed by atoms with Crippen LogP contribution >= 0.6 is 0 Å². The van der Waals surface area contributed by atoms with Gasteiger partial charge in [0.05, 0.1) is 0 Å². The third kappa shape index (κ3) is 4.19. The van der Waals surface area contributed by atoms with Crippen LogP contribution in [0.3, 0.4) is 0 Å². The Balaban J connectivity index is 1.68. The summed E-state index contributed by atoms with van der Waals surface area (Å²) in [7, 11) is 0. The molecule has 1 heterocycles. The van der Waals surface area contributed by atoms with Gasteiger partial charge in [0.25, 0.3) is 0 Å². The van der Waals surface area contributed by atoms with Crippen LogP contribution < -0.4 is 4.74 Å². The Morgan fingerprint density at radius 3 is 2.67 bits per heavy atom. The highest BCUT2D eigenvalue weighted by Gasteiger charge is 2.08. The molecule has 0 saturated carbocycles. The van der Waals surface area contributed by atoms with Crippen LogP contribution in [-0.2, 0) is 13.0 Å². The molecule has 1 atom stereocenters. The van der Waals surface area contributed by atoms with E-state index in [2.05, 4.69) is 49.3 Å². The van der Waals surface area contributed by atoms with Gasteiger partial charge in [0, 0.05) is 17.1 Å². The van der Waals surface area contributed by atoms with Crippen molar-refractivity contribution in [2.24, 2.45) is 5.92 Å². The van der Waals surface area contributed by atoms with Crippen LogP contribution in [0.5, 0.6) is 5.75 Å². The smallest absolute Gasteiger partial charge is 0.120 e. The first-order valence-electron chi connectivity index (χ1n) is 9.03. The minimum atomic E-state index is 0.611. The van der Waals surface area contributed by atoms with Gasteiger partial charge in [-0.15, -0.1) is 0 Å². The molecule has 2 heteroatoms. The predicted molar refractivity (Wildman–Crippen MR) is 101 cm³/mol. The van der Waals surface area contributed by atoms with Crippen molar-refractivity contribution in [3.8, 4) is 5.75 Å². The van der Waals surface area contributed by atoms with Crippen molar-refractivity contribution in [3.05, 3.63) is 65.9 Å². The highest BCUT2D eigenvalue weighted by atomic mass is 16.5. The van der Waals surface area contributed by atoms with Gasteiger partial charge in [-0.25, -0.2) is 0 Å². The molecule has 24 heavy (non-hydrogen) atoms. The summed E-state index contributed by atoms with van der Waals surface area (Å²) >= 11 is 0. The third-order valence-electron chi connectivity index (χ3n) is 4.68. The zero-order valence-electron chi connectivity index (χ0n) is 14.7. The number of hydrogen-bond donors (Lipinski definition) is 1. The maximum absolute atomic E-state index is 5.97. The van der Waals surface area contributed by atoms with Crippen molar-refractivity contribution in [1.82, 2.24) is 4.98 Å². The molecule has 1 unspecified atom stereocenters. The fourth-order valence-electron chi connectivity index (χ4n) is 3.23. The molecule has 0 aliphatic heterocycles. The Morgan fingerprint density at radius 1 is 1.04 bits per heavy atom. The molecule has 1 aromatic heterocycles. The molecular weight excluding hydrogens is 294 g/mol. The number of benzene rings is 2. The zero-order chi connectivity index (χ0) is 16.8. The second-order valence-corrected chi connectivity index (χ2v) is 6.73. The SMILES string of the molecule is CCCC(C)CCc1c[nH]c2ccc(OCc3ccccc3)cc12. The van der Waals surface area contributed by atoms with Crippen LogP contribution in [0.1, 0.15) is 44.2 Å². The van der Waals surface area contributed by atoms with E-state index in [1.165, 1.54) is 41.3 Å². The van der Waals surface area contributed by atoms with Crippen LogP contribution in [-0.4, -0.2) is 4.98 Å². The molecule has 0 bridgehead atoms. The lowest BCUT2D eigenvalue weighted by Crippen LogP contribution is -1.97. The number of rotatable bonds is 8.